The van der Waals surface area contributed by atoms with E-state index in [-0.39, 0.29) is 6.10 Å². The zero-order valence-electron chi connectivity index (χ0n) is 11.7. The van der Waals surface area contributed by atoms with Crippen LogP contribution in [0.15, 0.2) is 28.7 Å². The van der Waals surface area contributed by atoms with Gasteiger partial charge in [0, 0.05) is 16.6 Å². The number of nitrogens with zero attached hydrogens (tertiary/aromatic N) is 3. The molecule has 0 radical (unpaired) electrons. The number of benzene rings is 1. The topological polar surface area (TPSA) is 59.9 Å². The van der Waals surface area contributed by atoms with Crippen LogP contribution in [-0.2, 0) is 0 Å². The predicted molar refractivity (Wildman–Crippen MR) is 82.9 cm³/mol. The van der Waals surface area contributed by atoms with Gasteiger partial charge in [-0.3, -0.25) is 0 Å². The van der Waals surface area contributed by atoms with E-state index < -0.39 is 0 Å². The smallest absolute Gasteiger partial charge is 0.322 e. The average Bonchev–Trinajstić information content (AvgIpc) is 2.38. The fourth-order valence-corrected chi connectivity index (χ4v) is 1.85. The Bertz CT molecular complexity index is 572. The van der Waals surface area contributed by atoms with Gasteiger partial charge in [-0.15, -0.1) is 0 Å². The van der Waals surface area contributed by atoms with Crippen molar-refractivity contribution in [2.24, 2.45) is 0 Å². The molecule has 6 heteroatoms. The van der Waals surface area contributed by atoms with E-state index in [1.807, 2.05) is 45.0 Å². The molecule has 0 spiro atoms. The predicted octanol–water partition coefficient (Wildman–Crippen LogP) is 3.52. The van der Waals surface area contributed by atoms with Crippen molar-refractivity contribution >= 4 is 21.9 Å². The fraction of sp³-hybridized carbons (Fsp3) is 0.357. The van der Waals surface area contributed by atoms with Crippen molar-refractivity contribution in [3.8, 4) is 17.4 Å². The molecular formula is C14H17BrN4O. The molecule has 20 heavy (non-hydrogen) atoms. The summed E-state index contributed by atoms with van der Waals surface area (Å²) in [6.45, 7) is 6.61. The lowest BCUT2D eigenvalue weighted by Crippen LogP contribution is -2.12. The number of hydrogen-bond donors (Lipinski definition) is 1. The molecule has 1 aromatic carbocycles. The Kier molecular flexibility index (Phi) is 4.89. The molecule has 2 rings (SSSR count). The van der Waals surface area contributed by atoms with E-state index in [0.29, 0.717) is 17.8 Å². The number of ether oxygens (including phenoxy) is 1. The maximum Gasteiger partial charge on any atom is 0.322 e. The first-order valence-electron chi connectivity index (χ1n) is 6.51. The van der Waals surface area contributed by atoms with Crippen LogP contribution in [0.5, 0.6) is 6.01 Å². The molecular weight excluding hydrogens is 320 g/mol. The van der Waals surface area contributed by atoms with Crippen LogP contribution in [-0.4, -0.2) is 27.6 Å². The fourth-order valence-electron chi connectivity index (χ4n) is 1.59. The van der Waals surface area contributed by atoms with E-state index in [1.165, 1.54) is 0 Å². The van der Waals surface area contributed by atoms with Crippen molar-refractivity contribution in [1.29, 1.82) is 0 Å². The normalized spacial score (nSPS) is 10.7. The molecule has 1 heterocycles. The van der Waals surface area contributed by atoms with Gasteiger partial charge in [0.1, 0.15) is 0 Å². The van der Waals surface area contributed by atoms with Crippen molar-refractivity contribution in [3.63, 3.8) is 0 Å². The molecule has 0 aliphatic carbocycles. The second-order valence-corrected chi connectivity index (χ2v) is 5.38. The Morgan fingerprint density at radius 3 is 2.45 bits per heavy atom. The van der Waals surface area contributed by atoms with Crippen LogP contribution in [0.25, 0.3) is 11.4 Å². The highest BCUT2D eigenvalue weighted by atomic mass is 79.9. The van der Waals surface area contributed by atoms with Gasteiger partial charge in [0.15, 0.2) is 5.82 Å². The Balaban J connectivity index is 2.40. The second kappa shape index (κ2) is 6.65. The second-order valence-electron chi connectivity index (χ2n) is 4.47. The molecule has 0 aliphatic rings. The number of nitrogens with one attached hydrogen (secondary N) is 1. The Hall–Kier alpha value is -1.69. The summed E-state index contributed by atoms with van der Waals surface area (Å²) in [5.74, 6) is 1.12. The Labute approximate surface area is 127 Å². The molecule has 0 saturated heterocycles. The van der Waals surface area contributed by atoms with Crippen LogP contribution in [0.1, 0.15) is 20.8 Å². The lowest BCUT2D eigenvalue weighted by molar-refractivity contribution is 0.222. The zero-order chi connectivity index (χ0) is 14.5. The van der Waals surface area contributed by atoms with Gasteiger partial charge in [0.25, 0.3) is 0 Å². The minimum Gasteiger partial charge on any atom is -0.461 e. The summed E-state index contributed by atoms with van der Waals surface area (Å²) in [7, 11) is 0. The number of rotatable bonds is 5. The monoisotopic (exact) mass is 336 g/mol. The van der Waals surface area contributed by atoms with Crippen LogP contribution in [0, 0.1) is 0 Å². The van der Waals surface area contributed by atoms with E-state index in [9.17, 15) is 0 Å². The average molecular weight is 337 g/mol. The standard InChI is InChI=1S/C14H17BrN4O/c1-4-16-13-17-12(10-5-7-11(15)8-6-10)18-14(19-13)20-9(2)3/h5-9H,4H2,1-3H3,(H,16,17,18,19). The Morgan fingerprint density at radius 1 is 1.15 bits per heavy atom. The Morgan fingerprint density at radius 2 is 1.85 bits per heavy atom. The van der Waals surface area contributed by atoms with E-state index in [1.54, 1.807) is 0 Å². The number of halogens is 1. The summed E-state index contributed by atoms with van der Waals surface area (Å²) in [6, 6.07) is 8.15. The van der Waals surface area contributed by atoms with Gasteiger partial charge in [-0.05, 0) is 32.9 Å². The van der Waals surface area contributed by atoms with Crippen molar-refractivity contribution in [2.75, 3.05) is 11.9 Å². The number of anilines is 1. The summed E-state index contributed by atoms with van der Waals surface area (Å²) in [4.78, 5) is 13.0. The van der Waals surface area contributed by atoms with E-state index >= 15 is 0 Å². The third-order valence-electron chi connectivity index (χ3n) is 2.39. The van der Waals surface area contributed by atoms with Crippen LogP contribution < -0.4 is 10.1 Å². The molecule has 0 aliphatic heterocycles. The third-order valence-corrected chi connectivity index (χ3v) is 2.92. The summed E-state index contributed by atoms with van der Waals surface area (Å²) in [5, 5.41) is 3.09. The summed E-state index contributed by atoms with van der Waals surface area (Å²) in [5.41, 5.74) is 0.920. The van der Waals surface area contributed by atoms with Crippen LogP contribution in [0.2, 0.25) is 0 Å². The molecule has 5 nitrogen and oxygen atoms in total. The van der Waals surface area contributed by atoms with Crippen LogP contribution >= 0.6 is 15.9 Å². The SMILES string of the molecule is CCNc1nc(OC(C)C)nc(-c2ccc(Br)cc2)n1. The van der Waals surface area contributed by atoms with Crippen molar-refractivity contribution in [2.45, 2.75) is 26.9 Å². The van der Waals surface area contributed by atoms with Gasteiger partial charge in [0.2, 0.25) is 5.95 Å². The van der Waals surface area contributed by atoms with Crippen LogP contribution in [0.3, 0.4) is 0 Å². The number of hydrogen-bond acceptors (Lipinski definition) is 5. The van der Waals surface area contributed by atoms with Gasteiger partial charge >= 0.3 is 6.01 Å². The highest BCUT2D eigenvalue weighted by molar-refractivity contribution is 9.10. The minimum atomic E-state index is 0.0182. The van der Waals surface area contributed by atoms with Crippen molar-refractivity contribution in [3.05, 3.63) is 28.7 Å². The quantitative estimate of drug-likeness (QED) is 0.905. The van der Waals surface area contributed by atoms with Crippen LogP contribution in [0.4, 0.5) is 5.95 Å². The maximum absolute atomic E-state index is 5.58. The summed E-state index contributed by atoms with van der Waals surface area (Å²) in [6.07, 6.45) is 0.0182. The van der Waals surface area contributed by atoms with Gasteiger partial charge in [0.05, 0.1) is 6.10 Å². The number of aromatic nitrogens is 3. The first kappa shape index (κ1) is 14.7. The highest BCUT2D eigenvalue weighted by Gasteiger charge is 2.10. The van der Waals surface area contributed by atoms with Gasteiger partial charge < -0.3 is 10.1 Å². The summed E-state index contributed by atoms with van der Waals surface area (Å²) < 4.78 is 6.59. The van der Waals surface area contributed by atoms with Crippen molar-refractivity contribution in [1.82, 2.24) is 15.0 Å². The molecule has 0 amide bonds. The van der Waals surface area contributed by atoms with E-state index in [4.69, 9.17) is 4.74 Å². The van der Waals surface area contributed by atoms with Crippen molar-refractivity contribution < 1.29 is 4.74 Å². The molecule has 2 aromatic rings. The molecule has 0 bridgehead atoms. The lowest BCUT2D eigenvalue weighted by Gasteiger charge is -2.11. The molecule has 1 aromatic heterocycles. The van der Waals surface area contributed by atoms with E-state index in [0.717, 1.165) is 16.6 Å². The first-order valence-corrected chi connectivity index (χ1v) is 7.30. The molecule has 0 atom stereocenters. The largest absolute Gasteiger partial charge is 0.461 e. The van der Waals surface area contributed by atoms with Gasteiger partial charge in [-0.2, -0.15) is 15.0 Å². The van der Waals surface area contributed by atoms with E-state index in [2.05, 4.69) is 36.2 Å². The highest BCUT2D eigenvalue weighted by Crippen LogP contribution is 2.21. The first-order chi connectivity index (χ1) is 9.58. The zero-order valence-corrected chi connectivity index (χ0v) is 13.3. The molecule has 1 N–H and O–H groups in total. The maximum atomic E-state index is 5.58. The van der Waals surface area contributed by atoms with Gasteiger partial charge in [-0.1, -0.05) is 28.1 Å². The molecule has 0 unspecified atom stereocenters. The minimum absolute atomic E-state index is 0.0182. The van der Waals surface area contributed by atoms with Gasteiger partial charge in [-0.25, -0.2) is 0 Å². The molecule has 0 saturated carbocycles. The lowest BCUT2D eigenvalue weighted by atomic mass is 10.2. The third kappa shape index (κ3) is 3.90. The summed E-state index contributed by atoms with van der Waals surface area (Å²) >= 11 is 3.41. The molecule has 0 fully saturated rings. The molecule has 106 valence electrons.